The predicted octanol–water partition coefficient (Wildman–Crippen LogP) is 4.10. The number of anilines is 1. The number of hydrogen-bond acceptors (Lipinski definition) is 3. The van der Waals surface area contributed by atoms with Crippen LogP contribution in [0.15, 0.2) is 48.5 Å². The van der Waals surface area contributed by atoms with Crippen LogP contribution >= 0.6 is 0 Å². The average Bonchev–Trinajstić information content (AvgIpc) is 3.02. The van der Waals surface area contributed by atoms with Crippen LogP contribution in [0.25, 0.3) is 0 Å². The third kappa shape index (κ3) is 2.78. The molecule has 5 heteroatoms. The molecule has 0 saturated carbocycles. The van der Waals surface area contributed by atoms with E-state index in [9.17, 15) is 10.1 Å². The second kappa shape index (κ2) is 6.06. The zero-order chi connectivity index (χ0) is 18.3. The van der Waals surface area contributed by atoms with E-state index in [2.05, 4.69) is 6.07 Å². The Labute approximate surface area is 153 Å². The van der Waals surface area contributed by atoms with Crippen LogP contribution in [0.1, 0.15) is 37.4 Å². The van der Waals surface area contributed by atoms with Crippen LogP contribution in [0.3, 0.4) is 0 Å². The van der Waals surface area contributed by atoms with Crippen LogP contribution in [-0.4, -0.2) is 29.6 Å². The third-order valence-corrected chi connectivity index (χ3v) is 5.05. The van der Waals surface area contributed by atoms with Crippen LogP contribution in [0.2, 0.25) is 0 Å². The molecule has 1 atom stereocenters. The number of ether oxygens (including phenoxy) is 1. The summed E-state index contributed by atoms with van der Waals surface area (Å²) in [4.78, 5) is 16.9. The minimum Gasteiger partial charge on any atom is -0.487 e. The highest BCUT2D eigenvalue weighted by Gasteiger charge is 2.42. The number of fused-ring (bicyclic) bond motifs is 1. The molecule has 1 saturated heterocycles. The highest BCUT2D eigenvalue weighted by molar-refractivity contribution is 5.94. The molecule has 26 heavy (non-hydrogen) atoms. The number of nitrogens with zero attached hydrogens (tertiary/aromatic N) is 3. The van der Waals surface area contributed by atoms with Crippen molar-refractivity contribution in [1.29, 1.82) is 5.26 Å². The van der Waals surface area contributed by atoms with Crippen molar-refractivity contribution in [2.75, 3.05) is 18.0 Å². The lowest BCUT2D eigenvalue weighted by molar-refractivity contribution is 0.0451. The number of carbonyl (C=O) groups excluding carboxylic acids is 1. The van der Waals surface area contributed by atoms with Crippen LogP contribution in [0, 0.1) is 11.3 Å². The molecule has 1 unspecified atom stereocenters. The molecular weight excluding hydrogens is 326 g/mol. The largest absolute Gasteiger partial charge is 0.487 e. The number of carbonyl (C=O) groups is 1. The Morgan fingerprint density at radius 2 is 1.92 bits per heavy atom. The first-order valence-corrected chi connectivity index (χ1v) is 8.85. The lowest BCUT2D eigenvalue weighted by Crippen LogP contribution is -2.43. The predicted molar refractivity (Wildman–Crippen MR) is 99.1 cm³/mol. The monoisotopic (exact) mass is 347 g/mol. The number of rotatable bonds is 2. The molecule has 0 aromatic heterocycles. The third-order valence-electron chi connectivity index (χ3n) is 5.05. The maximum Gasteiger partial charge on any atom is 0.325 e. The molecule has 0 bridgehead atoms. The van der Waals surface area contributed by atoms with Gasteiger partial charge in [-0.2, -0.15) is 5.26 Å². The van der Waals surface area contributed by atoms with E-state index < -0.39 is 0 Å². The SMILES string of the molecule is CC1(C)CC(N2CCN(c3ccccc3)C2=O)c2cc(C#N)ccc2O1. The number of hydrogen-bond donors (Lipinski definition) is 0. The fraction of sp³-hybridized carbons (Fsp3) is 0.333. The summed E-state index contributed by atoms with van der Waals surface area (Å²) in [7, 11) is 0. The summed E-state index contributed by atoms with van der Waals surface area (Å²) < 4.78 is 6.09. The minimum absolute atomic E-state index is 0.00668. The van der Waals surface area contributed by atoms with Crippen LogP contribution in [0.5, 0.6) is 5.75 Å². The molecule has 0 aliphatic carbocycles. The summed E-state index contributed by atoms with van der Waals surface area (Å²) in [6, 6.07) is 17.3. The van der Waals surface area contributed by atoms with Gasteiger partial charge in [0, 0.05) is 30.8 Å². The molecule has 0 N–H and O–H groups in total. The molecule has 1 fully saturated rings. The fourth-order valence-electron chi connectivity index (χ4n) is 3.86. The first-order chi connectivity index (χ1) is 12.5. The van der Waals surface area contributed by atoms with Gasteiger partial charge in [0.1, 0.15) is 11.4 Å². The van der Waals surface area contributed by atoms with Gasteiger partial charge >= 0.3 is 6.03 Å². The van der Waals surface area contributed by atoms with Crippen molar-refractivity contribution in [2.45, 2.75) is 31.9 Å². The van der Waals surface area contributed by atoms with Gasteiger partial charge in [0.2, 0.25) is 0 Å². The summed E-state index contributed by atoms with van der Waals surface area (Å²) in [6.07, 6.45) is 0.698. The lowest BCUT2D eigenvalue weighted by atomic mass is 9.88. The van der Waals surface area contributed by atoms with Gasteiger partial charge in [0.05, 0.1) is 17.7 Å². The Kier molecular flexibility index (Phi) is 3.84. The smallest absolute Gasteiger partial charge is 0.325 e. The molecule has 2 aliphatic rings. The van der Waals surface area contributed by atoms with Crippen molar-refractivity contribution in [1.82, 2.24) is 4.90 Å². The Bertz CT molecular complexity index is 886. The molecular formula is C21H21N3O2. The zero-order valence-corrected chi connectivity index (χ0v) is 15.0. The highest BCUT2D eigenvalue weighted by atomic mass is 16.5. The van der Waals surface area contributed by atoms with Gasteiger partial charge in [-0.15, -0.1) is 0 Å². The van der Waals surface area contributed by atoms with Gasteiger partial charge in [-0.05, 0) is 44.2 Å². The van der Waals surface area contributed by atoms with Crippen molar-refractivity contribution in [3.8, 4) is 11.8 Å². The molecule has 2 heterocycles. The zero-order valence-electron chi connectivity index (χ0n) is 15.0. The van der Waals surface area contributed by atoms with E-state index in [0.717, 1.165) is 17.0 Å². The van der Waals surface area contributed by atoms with E-state index in [1.165, 1.54) is 0 Å². The quantitative estimate of drug-likeness (QED) is 0.822. The molecule has 0 spiro atoms. The van der Waals surface area contributed by atoms with Crippen molar-refractivity contribution in [2.24, 2.45) is 0 Å². The summed E-state index contributed by atoms with van der Waals surface area (Å²) in [6.45, 7) is 5.39. The normalized spacial score (nSPS) is 21.1. The number of benzene rings is 2. The van der Waals surface area contributed by atoms with Gasteiger partial charge in [-0.3, -0.25) is 4.90 Å². The van der Waals surface area contributed by atoms with Crippen LogP contribution in [-0.2, 0) is 0 Å². The number of amides is 2. The molecule has 2 aromatic carbocycles. The van der Waals surface area contributed by atoms with Crippen LogP contribution < -0.4 is 9.64 Å². The Morgan fingerprint density at radius 1 is 1.15 bits per heavy atom. The Hall–Kier alpha value is -3.00. The number of nitriles is 1. The Morgan fingerprint density at radius 3 is 2.65 bits per heavy atom. The summed E-state index contributed by atoms with van der Waals surface area (Å²) >= 11 is 0. The van der Waals surface area contributed by atoms with Crippen LogP contribution in [0.4, 0.5) is 10.5 Å². The van der Waals surface area contributed by atoms with Gasteiger partial charge in [0.15, 0.2) is 0 Å². The standard InChI is InChI=1S/C21H21N3O2/c1-21(2)13-18(17-12-15(14-22)8-9-19(17)26-21)24-11-10-23(20(24)25)16-6-4-3-5-7-16/h3-9,12,18H,10-11,13H2,1-2H3. The molecule has 4 rings (SSSR count). The van der Waals surface area contributed by atoms with Crippen molar-refractivity contribution in [3.05, 3.63) is 59.7 Å². The van der Waals surface area contributed by atoms with E-state index in [-0.39, 0.29) is 17.7 Å². The van der Waals surface area contributed by atoms with Gasteiger partial charge in [-0.25, -0.2) is 4.79 Å². The van der Waals surface area contributed by atoms with Gasteiger partial charge in [-0.1, -0.05) is 18.2 Å². The van der Waals surface area contributed by atoms with Crippen molar-refractivity contribution < 1.29 is 9.53 Å². The first-order valence-electron chi connectivity index (χ1n) is 8.85. The number of urea groups is 1. The lowest BCUT2D eigenvalue weighted by Gasteiger charge is -2.41. The summed E-state index contributed by atoms with van der Waals surface area (Å²) in [5.74, 6) is 0.760. The molecule has 2 aromatic rings. The second-order valence-electron chi connectivity index (χ2n) is 7.41. The van der Waals surface area contributed by atoms with Crippen molar-refractivity contribution >= 4 is 11.7 Å². The van der Waals surface area contributed by atoms with E-state index in [1.54, 1.807) is 6.07 Å². The molecule has 5 nitrogen and oxygen atoms in total. The molecule has 2 amide bonds. The maximum absolute atomic E-state index is 13.1. The van der Waals surface area contributed by atoms with E-state index in [0.29, 0.717) is 25.1 Å². The van der Waals surface area contributed by atoms with E-state index in [4.69, 9.17) is 4.74 Å². The summed E-state index contributed by atoms with van der Waals surface area (Å²) in [5.41, 5.74) is 2.05. The number of para-hydroxylation sites is 1. The van der Waals surface area contributed by atoms with Crippen molar-refractivity contribution in [3.63, 3.8) is 0 Å². The van der Waals surface area contributed by atoms with E-state index >= 15 is 0 Å². The first kappa shape index (κ1) is 16.5. The van der Waals surface area contributed by atoms with E-state index in [1.807, 2.05) is 66.1 Å². The minimum atomic E-state index is -0.369. The maximum atomic E-state index is 13.1. The molecule has 0 radical (unpaired) electrons. The average molecular weight is 347 g/mol. The summed E-state index contributed by atoms with van der Waals surface area (Å²) in [5, 5.41) is 9.26. The second-order valence-corrected chi connectivity index (χ2v) is 7.41. The Balaban J connectivity index is 1.70. The topological polar surface area (TPSA) is 56.6 Å². The molecule has 2 aliphatic heterocycles. The van der Waals surface area contributed by atoms with Gasteiger partial charge in [0.25, 0.3) is 0 Å². The molecule has 132 valence electrons. The van der Waals surface area contributed by atoms with Gasteiger partial charge < -0.3 is 9.64 Å². The fourth-order valence-corrected chi connectivity index (χ4v) is 3.86. The highest BCUT2D eigenvalue weighted by Crippen LogP contribution is 2.44.